The van der Waals surface area contributed by atoms with E-state index in [-0.39, 0.29) is 67.5 Å². The van der Waals surface area contributed by atoms with Crippen LogP contribution in [0, 0.1) is 17.8 Å². The number of likely N-dealkylation sites (N-methyl/N-ethyl adjacent to an activating group) is 2. The number of nitrogens with zero attached hydrogens (tertiary/aromatic N) is 3. The molecule has 0 aromatic heterocycles. The smallest absolute Gasteiger partial charge is 0.243 e. The maximum Gasteiger partial charge on any atom is 0.243 e. The van der Waals surface area contributed by atoms with Crippen LogP contribution in [0.25, 0.3) is 0 Å². The minimum Gasteiger partial charge on any atom is -0.386 e. The van der Waals surface area contributed by atoms with Gasteiger partial charge in [0.15, 0.2) is 0 Å². The molecule has 9 atom stereocenters. The number of likely N-dealkylation sites (tertiary alicyclic amines) is 1. The number of hydrogen-bond donors (Lipinski definition) is 4. The Kier molecular flexibility index (Phi) is 25.3. The number of amides is 5. The second-order valence-corrected chi connectivity index (χ2v) is 16.6. The highest BCUT2D eigenvalue weighted by molar-refractivity contribution is 5.90. The van der Waals surface area contributed by atoms with Gasteiger partial charge < -0.3 is 59.9 Å². The van der Waals surface area contributed by atoms with E-state index in [0.29, 0.717) is 64.5 Å². The summed E-state index contributed by atoms with van der Waals surface area (Å²) in [7, 11) is 6.27. The molecule has 1 aliphatic rings. The van der Waals surface area contributed by atoms with Crippen LogP contribution in [0.2, 0.25) is 0 Å². The van der Waals surface area contributed by atoms with Crippen molar-refractivity contribution in [2.75, 3.05) is 87.6 Å². The topological polar surface area (TPSA) is 212 Å². The number of nitrogens with one attached hydrogen (secondary N) is 2. The van der Waals surface area contributed by atoms with E-state index in [2.05, 4.69) is 10.6 Å². The van der Waals surface area contributed by atoms with Crippen molar-refractivity contribution in [1.82, 2.24) is 25.3 Å². The highest BCUT2D eigenvalue weighted by Crippen LogP contribution is 2.29. The molecule has 17 heteroatoms. The second kappa shape index (κ2) is 28.9. The molecule has 0 radical (unpaired) electrons. The maximum atomic E-state index is 14.2. The Morgan fingerprint density at radius 3 is 2.03 bits per heavy atom. The van der Waals surface area contributed by atoms with Crippen LogP contribution in [-0.4, -0.2) is 173 Å². The molecule has 0 saturated carbocycles. The lowest BCUT2D eigenvalue weighted by atomic mass is 9.90. The van der Waals surface area contributed by atoms with Gasteiger partial charge in [-0.05, 0) is 37.2 Å². The first-order valence-corrected chi connectivity index (χ1v) is 22.2. The van der Waals surface area contributed by atoms with Crippen molar-refractivity contribution in [2.45, 2.75) is 116 Å². The van der Waals surface area contributed by atoms with Crippen molar-refractivity contribution in [2.24, 2.45) is 23.5 Å². The third-order valence-electron chi connectivity index (χ3n) is 11.9. The lowest BCUT2D eigenvalue weighted by Gasteiger charge is -2.39. The van der Waals surface area contributed by atoms with Crippen LogP contribution in [0.5, 0.6) is 0 Å². The summed E-state index contributed by atoms with van der Waals surface area (Å²) in [6.45, 7) is 13.9. The number of carbonyl (C=O) groups excluding carboxylic acids is 5. The van der Waals surface area contributed by atoms with Crippen LogP contribution in [0.1, 0.15) is 85.3 Å². The summed E-state index contributed by atoms with van der Waals surface area (Å²) in [6, 6.07) is 6.85. The molecule has 1 aliphatic heterocycles. The SMILES string of the molecule is CC[C@H](C)[C@@H]([C@@H](CC(=O)N1CCC[C@H]1[C@H](OC)[C@@H](C)C(=O)N[C@H](C)[C@@H](O)c1ccccc1)OC)N(C)C(=O)CNC(=O)C(C(C)C)N(C)C(=O)CCOCCOCCOCCN. The van der Waals surface area contributed by atoms with Crippen molar-refractivity contribution in [3.63, 3.8) is 0 Å². The van der Waals surface area contributed by atoms with E-state index in [9.17, 15) is 29.1 Å². The third kappa shape index (κ3) is 16.8. The van der Waals surface area contributed by atoms with Crippen LogP contribution < -0.4 is 16.4 Å². The number of nitrogens with two attached hydrogens (primary N) is 1. The van der Waals surface area contributed by atoms with Crippen molar-refractivity contribution >= 4 is 29.5 Å². The molecular formula is C45H78N6O11. The molecule has 5 amide bonds. The van der Waals surface area contributed by atoms with Crippen LogP contribution in [0.15, 0.2) is 30.3 Å². The number of carbonyl (C=O) groups is 5. The largest absolute Gasteiger partial charge is 0.386 e. The van der Waals surface area contributed by atoms with Crippen LogP contribution >= 0.6 is 0 Å². The molecule has 1 heterocycles. The monoisotopic (exact) mass is 879 g/mol. The molecule has 1 fully saturated rings. The van der Waals surface area contributed by atoms with E-state index in [0.717, 1.165) is 6.42 Å². The van der Waals surface area contributed by atoms with Gasteiger partial charge in [-0.15, -0.1) is 0 Å². The van der Waals surface area contributed by atoms with Crippen molar-refractivity contribution in [1.29, 1.82) is 0 Å². The summed E-state index contributed by atoms with van der Waals surface area (Å²) in [6.07, 6.45) is -0.0788. The number of rotatable bonds is 30. The van der Waals surface area contributed by atoms with Crippen molar-refractivity contribution < 1.29 is 52.8 Å². The molecule has 0 bridgehead atoms. The minimum absolute atomic E-state index is 0.0213. The van der Waals surface area contributed by atoms with E-state index >= 15 is 0 Å². The molecule has 1 aromatic rings. The number of aliphatic hydroxyl groups excluding tert-OH is 1. The zero-order valence-electron chi connectivity index (χ0n) is 39.0. The summed E-state index contributed by atoms with van der Waals surface area (Å²) in [5.74, 6) is -2.53. The predicted octanol–water partition coefficient (Wildman–Crippen LogP) is 2.14. The molecular weight excluding hydrogens is 801 g/mol. The fourth-order valence-electron chi connectivity index (χ4n) is 8.13. The van der Waals surface area contributed by atoms with Gasteiger partial charge in [0, 0.05) is 41.4 Å². The Labute approximate surface area is 370 Å². The Hall–Kier alpha value is -3.71. The average molecular weight is 879 g/mol. The normalized spacial score (nSPS) is 18.0. The lowest BCUT2D eigenvalue weighted by molar-refractivity contribution is -0.146. The molecule has 17 nitrogen and oxygen atoms in total. The van der Waals surface area contributed by atoms with Gasteiger partial charge in [0.1, 0.15) is 6.04 Å². The first kappa shape index (κ1) is 54.4. The molecule has 2 rings (SSSR count). The number of hydrogen-bond acceptors (Lipinski definition) is 12. The van der Waals surface area contributed by atoms with Crippen molar-refractivity contribution in [3.05, 3.63) is 35.9 Å². The summed E-state index contributed by atoms with van der Waals surface area (Å²) >= 11 is 0. The quantitative estimate of drug-likeness (QED) is 0.0820. The number of methoxy groups -OCH3 is 2. The fourth-order valence-corrected chi connectivity index (χ4v) is 8.13. The Morgan fingerprint density at radius 2 is 1.47 bits per heavy atom. The standard InChI is InChI=1S/C45H78N6O11/c1-11-31(4)41(50(8)39(54)29-47-45(57)40(30(2)3)49(7)37(52)19-22-60-24-26-62-27-25-61-23-20-46)36(58-9)28-38(53)51-21-15-18-35(51)43(59-10)32(5)44(56)48-33(6)42(55)34-16-13-12-14-17-34/h12-14,16-17,30-33,35-36,40-43,55H,11,15,18-29,46H2,1-10H3,(H,47,57)(H,48,56)/t31-,32+,33+,35-,36+,40?,41-,42+,43+/m0/s1. The van der Waals surface area contributed by atoms with Crippen LogP contribution in [0.4, 0.5) is 0 Å². The van der Waals surface area contributed by atoms with E-state index in [1.54, 1.807) is 49.9 Å². The zero-order valence-corrected chi connectivity index (χ0v) is 39.0. The van der Waals surface area contributed by atoms with Crippen molar-refractivity contribution in [3.8, 4) is 0 Å². The van der Waals surface area contributed by atoms with E-state index in [1.807, 2.05) is 45.9 Å². The summed E-state index contributed by atoms with van der Waals surface area (Å²) in [5, 5.41) is 16.5. The zero-order chi connectivity index (χ0) is 46.4. The number of aliphatic hydroxyl groups is 1. The average Bonchev–Trinajstić information content (AvgIpc) is 3.75. The summed E-state index contributed by atoms with van der Waals surface area (Å²) < 4.78 is 28.1. The highest BCUT2D eigenvalue weighted by atomic mass is 16.5. The first-order valence-electron chi connectivity index (χ1n) is 22.2. The minimum atomic E-state index is -0.898. The number of ether oxygens (including phenoxy) is 5. The van der Waals surface area contributed by atoms with E-state index in [1.165, 1.54) is 19.1 Å². The highest BCUT2D eigenvalue weighted by Gasteiger charge is 2.42. The van der Waals surface area contributed by atoms with Gasteiger partial charge in [0.05, 0.1) is 101 Å². The molecule has 1 unspecified atom stereocenters. The summed E-state index contributed by atoms with van der Waals surface area (Å²) in [4.78, 5) is 72.7. The van der Waals surface area contributed by atoms with Gasteiger partial charge in [0.2, 0.25) is 29.5 Å². The van der Waals surface area contributed by atoms with E-state index < -0.39 is 48.3 Å². The Morgan fingerprint density at radius 1 is 0.855 bits per heavy atom. The Bertz CT molecular complexity index is 1490. The van der Waals surface area contributed by atoms with Gasteiger partial charge >= 0.3 is 0 Å². The van der Waals surface area contributed by atoms with Gasteiger partial charge in [0.25, 0.3) is 0 Å². The lowest BCUT2D eigenvalue weighted by Crippen LogP contribution is -2.56. The maximum absolute atomic E-state index is 14.2. The molecule has 354 valence electrons. The van der Waals surface area contributed by atoms with Gasteiger partial charge in [-0.25, -0.2) is 0 Å². The van der Waals surface area contributed by atoms with E-state index in [4.69, 9.17) is 29.4 Å². The summed E-state index contributed by atoms with van der Waals surface area (Å²) in [5.41, 5.74) is 6.08. The molecule has 5 N–H and O–H groups in total. The predicted molar refractivity (Wildman–Crippen MR) is 236 cm³/mol. The van der Waals surface area contributed by atoms with Gasteiger partial charge in [-0.1, -0.05) is 71.4 Å². The third-order valence-corrected chi connectivity index (χ3v) is 11.9. The van der Waals surface area contributed by atoms with Gasteiger partial charge in [-0.3, -0.25) is 24.0 Å². The molecule has 1 aromatic carbocycles. The molecule has 1 saturated heterocycles. The molecule has 0 spiro atoms. The first-order chi connectivity index (χ1) is 29.5. The molecule has 62 heavy (non-hydrogen) atoms. The van der Waals surface area contributed by atoms with Gasteiger partial charge in [-0.2, -0.15) is 0 Å². The second-order valence-electron chi connectivity index (χ2n) is 16.6. The molecule has 0 aliphatic carbocycles. The Balaban J connectivity index is 2.03. The van der Waals surface area contributed by atoms with Crippen LogP contribution in [0.3, 0.4) is 0 Å². The fraction of sp³-hybridized carbons (Fsp3) is 0.756. The van der Waals surface area contributed by atoms with Crippen LogP contribution in [-0.2, 0) is 47.7 Å². The number of benzene rings is 1.